The smallest absolute Gasteiger partial charge is 0.121 e. The second kappa shape index (κ2) is 3.52. The Labute approximate surface area is 68.9 Å². The van der Waals surface area contributed by atoms with Crippen molar-refractivity contribution in [2.75, 3.05) is 34.3 Å². The molecule has 0 spiro atoms. The average molecular weight is 159 g/mol. The molecule has 0 aromatic carbocycles. The third-order valence-electron chi connectivity index (χ3n) is 1.83. The van der Waals surface area contributed by atoms with Gasteiger partial charge in [-0.1, -0.05) is 0 Å². The summed E-state index contributed by atoms with van der Waals surface area (Å²) in [5.74, 6) is 0. The van der Waals surface area contributed by atoms with E-state index in [4.69, 9.17) is 4.84 Å². The Morgan fingerprint density at radius 3 is 2.64 bits per heavy atom. The number of nitrogens with zero attached hydrogens (tertiary/aromatic N) is 1. The lowest BCUT2D eigenvalue weighted by Gasteiger charge is -2.23. The molecule has 0 aromatic heterocycles. The highest BCUT2D eigenvalue weighted by Crippen LogP contribution is 2.06. The van der Waals surface area contributed by atoms with Gasteiger partial charge in [-0.25, -0.2) is 4.84 Å². The molecule has 0 radical (unpaired) electrons. The van der Waals surface area contributed by atoms with Crippen LogP contribution >= 0.6 is 0 Å². The monoisotopic (exact) mass is 159 g/mol. The van der Waals surface area contributed by atoms with Crippen molar-refractivity contribution in [2.24, 2.45) is 0 Å². The molecule has 1 saturated heterocycles. The summed E-state index contributed by atoms with van der Waals surface area (Å²) in [7, 11) is 6.11. The van der Waals surface area contributed by atoms with Crippen LogP contribution in [0.15, 0.2) is 0 Å². The van der Waals surface area contributed by atoms with Crippen molar-refractivity contribution >= 4 is 0 Å². The lowest BCUT2D eigenvalue weighted by Crippen LogP contribution is -2.39. The maximum atomic E-state index is 5.59. The first-order valence-corrected chi connectivity index (χ1v) is 4.27. The van der Waals surface area contributed by atoms with Gasteiger partial charge in [-0.3, -0.25) is 0 Å². The summed E-state index contributed by atoms with van der Waals surface area (Å²) in [5, 5.41) is 3.39. The molecule has 1 aliphatic rings. The predicted molar refractivity (Wildman–Crippen MR) is 45.0 cm³/mol. The Morgan fingerprint density at radius 2 is 2.18 bits per heavy atom. The van der Waals surface area contributed by atoms with E-state index in [-0.39, 0.29) is 0 Å². The fourth-order valence-electron chi connectivity index (χ4n) is 1.21. The summed E-state index contributed by atoms with van der Waals surface area (Å²) < 4.78 is 0.595. The number of nitrogens with one attached hydrogen (secondary N) is 1. The first-order chi connectivity index (χ1) is 5.08. The maximum Gasteiger partial charge on any atom is 0.121 e. The summed E-state index contributed by atoms with van der Waals surface area (Å²) in [5.41, 5.74) is 0. The zero-order valence-corrected chi connectivity index (χ0v) is 7.76. The van der Waals surface area contributed by atoms with Crippen molar-refractivity contribution < 1.29 is 9.48 Å². The van der Waals surface area contributed by atoms with Gasteiger partial charge in [0.15, 0.2) is 0 Å². The van der Waals surface area contributed by atoms with Crippen LogP contribution in [-0.2, 0) is 4.84 Å². The highest BCUT2D eigenvalue weighted by Gasteiger charge is 2.18. The molecule has 3 nitrogen and oxygen atoms in total. The molecule has 1 unspecified atom stereocenters. The molecule has 0 aromatic rings. The van der Waals surface area contributed by atoms with E-state index in [1.54, 1.807) is 0 Å². The van der Waals surface area contributed by atoms with Crippen LogP contribution in [0.4, 0.5) is 0 Å². The minimum Gasteiger partial charge on any atom is -0.311 e. The normalized spacial score (nSPS) is 25.9. The van der Waals surface area contributed by atoms with E-state index in [0.29, 0.717) is 10.7 Å². The number of rotatable bonds is 3. The molecule has 1 N–H and O–H groups in total. The van der Waals surface area contributed by atoms with E-state index in [9.17, 15) is 0 Å². The average Bonchev–Trinajstić information content (AvgIpc) is 2.32. The van der Waals surface area contributed by atoms with E-state index in [0.717, 1.165) is 13.2 Å². The van der Waals surface area contributed by atoms with Crippen molar-refractivity contribution in [3.8, 4) is 0 Å². The van der Waals surface area contributed by atoms with Crippen molar-refractivity contribution in [1.82, 2.24) is 5.32 Å². The topological polar surface area (TPSA) is 21.3 Å². The van der Waals surface area contributed by atoms with Crippen LogP contribution in [0.2, 0.25) is 0 Å². The zero-order valence-electron chi connectivity index (χ0n) is 7.76. The third kappa shape index (κ3) is 3.70. The summed E-state index contributed by atoms with van der Waals surface area (Å²) in [6.45, 7) is 1.99. The van der Waals surface area contributed by atoms with Gasteiger partial charge in [-0.05, 0) is 19.4 Å². The molecule has 1 fully saturated rings. The number of quaternary nitrogens is 1. The largest absolute Gasteiger partial charge is 0.311 e. The molecule has 66 valence electrons. The van der Waals surface area contributed by atoms with Crippen LogP contribution < -0.4 is 5.32 Å². The van der Waals surface area contributed by atoms with Gasteiger partial charge < -0.3 is 5.32 Å². The van der Waals surface area contributed by atoms with E-state index in [1.807, 2.05) is 21.1 Å². The van der Waals surface area contributed by atoms with Crippen LogP contribution in [0.25, 0.3) is 0 Å². The SMILES string of the molecule is C[N+](C)(C)OCC1CCCN1. The molecular weight excluding hydrogens is 140 g/mol. The highest BCUT2D eigenvalue weighted by molar-refractivity contribution is 4.72. The van der Waals surface area contributed by atoms with Gasteiger partial charge in [-0.2, -0.15) is 4.65 Å². The van der Waals surface area contributed by atoms with E-state index in [2.05, 4.69) is 5.32 Å². The van der Waals surface area contributed by atoms with Gasteiger partial charge in [0.2, 0.25) is 0 Å². The molecule has 1 heterocycles. The molecule has 1 atom stereocenters. The van der Waals surface area contributed by atoms with Crippen LogP contribution in [0.3, 0.4) is 0 Å². The number of hydroxylamine groups is 3. The van der Waals surface area contributed by atoms with Gasteiger partial charge in [0.05, 0.1) is 21.1 Å². The van der Waals surface area contributed by atoms with Gasteiger partial charge >= 0.3 is 0 Å². The van der Waals surface area contributed by atoms with Gasteiger partial charge in [0, 0.05) is 6.04 Å². The van der Waals surface area contributed by atoms with E-state index < -0.39 is 0 Å². The van der Waals surface area contributed by atoms with Crippen LogP contribution in [0.5, 0.6) is 0 Å². The molecule has 0 amide bonds. The molecule has 1 aliphatic heterocycles. The molecule has 0 aliphatic carbocycles. The molecule has 0 saturated carbocycles. The first kappa shape index (κ1) is 8.97. The number of hydrogen-bond donors (Lipinski definition) is 1. The Bertz CT molecular complexity index is 114. The van der Waals surface area contributed by atoms with Crippen LogP contribution in [0, 0.1) is 0 Å². The minimum absolute atomic E-state index is 0.590. The standard InChI is InChI=1S/C8H19N2O/c1-10(2,3)11-7-8-5-4-6-9-8/h8-9H,4-7H2,1-3H3/q+1. The molecule has 1 rings (SSSR count). The third-order valence-corrected chi connectivity index (χ3v) is 1.83. The van der Waals surface area contributed by atoms with Crippen molar-refractivity contribution in [1.29, 1.82) is 0 Å². The molecular formula is C8H19N2O+. The van der Waals surface area contributed by atoms with Gasteiger partial charge in [0.25, 0.3) is 0 Å². The lowest BCUT2D eigenvalue weighted by molar-refractivity contribution is -1.06. The fourth-order valence-corrected chi connectivity index (χ4v) is 1.21. The van der Waals surface area contributed by atoms with Crippen molar-refractivity contribution in [2.45, 2.75) is 18.9 Å². The van der Waals surface area contributed by atoms with E-state index in [1.165, 1.54) is 12.8 Å². The first-order valence-electron chi connectivity index (χ1n) is 4.27. The summed E-state index contributed by atoms with van der Waals surface area (Å²) >= 11 is 0. The second-order valence-corrected chi connectivity index (χ2v) is 3.98. The molecule has 0 bridgehead atoms. The Balaban J connectivity index is 2.11. The lowest BCUT2D eigenvalue weighted by atomic mass is 10.2. The second-order valence-electron chi connectivity index (χ2n) is 3.98. The zero-order chi connectivity index (χ0) is 8.32. The van der Waals surface area contributed by atoms with Crippen molar-refractivity contribution in [3.05, 3.63) is 0 Å². The summed E-state index contributed by atoms with van der Waals surface area (Å²) in [4.78, 5) is 5.59. The highest BCUT2D eigenvalue weighted by atomic mass is 16.7. The van der Waals surface area contributed by atoms with Crippen LogP contribution in [-0.4, -0.2) is 45.0 Å². The molecule has 11 heavy (non-hydrogen) atoms. The van der Waals surface area contributed by atoms with Crippen molar-refractivity contribution in [3.63, 3.8) is 0 Å². The summed E-state index contributed by atoms with van der Waals surface area (Å²) in [6, 6.07) is 0.590. The van der Waals surface area contributed by atoms with E-state index >= 15 is 0 Å². The van der Waals surface area contributed by atoms with Crippen LogP contribution in [0.1, 0.15) is 12.8 Å². The Kier molecular flexibility index (Phi) is 2.87. The maximum absolute atomic E-state index is 5.59. The number of hydrogen-bond acceptors (Lipinski definition) is 2. The van der Waals surface area contributed by atoms with Gasteiger partial charge in [-0.15, -0.1) is 0 Å². The summed E-state index contributed by atoms with van der Waals surface area (Å²) in [6.07, 6.45) is 2.56. The van der Waals surface area contributed by atoms with Gasteiger partial charge in [0.1, 0.15) is 6.61 Å². The predicted octanol–water partition coefficient (Wildman–Crippen LogP) is 0.376. The minimum atomic E-state index is 0.590. The Morgan fingerprint density at radius 1 is 1.45 bits per heavy atom. The fraction of sp³-hybridized carbons (Fsp3) is 1.00. The quantitative estimate of drug-likeness (QED) is 0.475. The Hall–Kier alpha value is -0.120. The molecule has 3 heteroatoms.